The van der Waals surface area contributed by atoms with Crippen LogP contribution in [0.15, 0.2) is 91.0 Å². The molecule has 1 amide bonds. The van der Waals surface area contributed by atoms with Gasteiger partial charge in [-0.25, -0.2) is 4.79 Å². The van der Waals surface area contributed by atoms with Crippen LogP contribution in [-0.4, -0.2) is 41.3 Å². The summed E-state index contributed by atoms with van der Waals surface area (Å²) in [5.74, 6) is 0. The highest BCUT2D eigenvalue weighted by Gasteiger charge is 2.33. The van der Waals surface area contributed by atoms with Gasteiger partial charge in [0.1, 0.15) is 6.61 Å². The third kappa shape index (κ3) is 5.81. The Kier molecular flexibility index (Phi) is 7.76. The van der Waals surface area contributed by atoms with Crippen LogP contribution in [0.1, 0.15) is 37.0 Å². The van der Waals surface area contributed by atoms with Crippen molar-refractivity contribution in [3.8, 4) is 0 Å². The standard InChI is InChI=1S/C28H32N2O3/c1-22(27(31)24-13-7-3-8-14-24)29-19-17-26(18-20-29)30(25-15-9-4-10-16-25)28(32)33-21-23-11-5-2-6-12-23/h2-16,22,26-27,31H,17-21H2,1H3/t22-,27-/m0/s1. The number of anilines is 1. The Labute approximate surface area is 196 Å². The fourth-order valence-electron chi connectivity index (χ4n) is 4.52. The van der Waals surface area contributed by atoms with Gasteiger partial charge in [0.05, 0.1) is 6.10 Å². The van der Waals surface area contributed by atoms with Crippen molar-refractivity contribution >= 4 is 11.8 Å². The summed E-state index contributed by atoms with van der Waals surface area (Å²) in [7, 11) is 0. The Morgan fingerprint density at radius 3 is 2.09 bits per heavy atom. The lowest BCUT2D eigenvalue weighted by molar-refractivity contribution is 0.0429. The van der Waals surface area contributed by atoms with Gasteiger partial charge in [-0.1, -0.05) is 78.9 Å². The molecule has 0 aliphatic carbocycles. The Bertz CT molecular complexity index is 989. The first kappa shape index (κ1) is 23.0. The predicted molar refractivity (Wildman–Crippen MR) is 131 cm³/mol. The molecule has 0 unspecified atom stereocenters. The molecule has 172 valence electrons. The number of aliphatic hydroxyl groups is 1. The molecule has 0 bridgehead atoms. The van der Waals surface area contributed by atoms with Gasteiger partial charge in [0, 0.05) is 30.9 Å². The van der Waals surface area contributed by atoms with E-state index in [0.717, 1.165) is 42.7 Å². The van der Waals surface area contributed by atoms with Crippen LogP contribution < -0.4 is 4.90 Å². The minimum Gasteiger partial charge on any atom is -0.444 e. The molecule has 1 saturated heterocycles. The number of para-hydroxylation sites is 1. The van der Waals surface area contributed by atoms with Crippen molar-refractivity contribution in [1.82, 2.24) is 4.90 Å². The molecule has 0 spiro atoms. The second kappa shape index (κ2) is 11.1. The summed E-state index contributed by atoms with van der Waals surface area (Å²) >= 11 is 0. The van der Waals surface area contributed by atoms with Crippen molar-refractivity contribution in [3.63, 3.8) is 0 Å². The van der Waals surface area contributed by atoms with Crippen molar-refractivity contribution in [3.05, 3.63) is 102 Å². The number of aliphatic hydroxyl groups excluding tert-OH is 1. The Morgan fingerprint density at radius 1 is 0.939 bits per heavy atom. The minimum atomic E-state index is -0.538. The summed E-state index contributed by atoms with van der Waals surface area (Å²) in [6, 6.07) is 29.4. The molecule has 0 saturated carbocycles. The van der Waals surface area contributed by atoms with E-state index >= 15 is 0 Å². The molecule has 1 aliphatic heterocycles. The van der Waals surface area contributed by atoms with Crippen LogP contribution in [0.4, 0.5) is 10.5 Å². The molecule has 33 heavy (non-hydrogen) atoms. The first-order valence-corrected chi connectivity index (χ1v) is 11.7. The predicted octanol–water partition coefficient (Wildman–Crippen LogP) is 5.42. The molecular formula is C28H32N2O3. The number of carbonyl (C=O) groups excluding carboxylic acids is 1. The summed E-state index contributed by atoms with van der Waals surface area (Å²) in [6.45, 7) is 3.94. The average molecular weight is 445 g/mol. The van der Waals surface area contributed by atoms with Crippen molar-refractivity contribution in [1.29, 1.82) is 0 Å². The van der Waals surface area contributed by atoms with Crippen LogP contribution in [0.2, 0.25) is 0 Å². The van der Waals surface area contributed by atoms with E-state index in [9.17, 15) is 9.90 Å². The maximum absolute atomic E-state index is 13.2. The number of hydrogen-bond acceptors (Lipinski definition) is 4. The van der Waals surface area contributed by atoms with Crippen molar-refractivity contribution in [2.75, 3.05) is 18.0 Å². The number of piperidine rings is 1. The van der Waals surface area contributed by atoms with E-state index < -0.39 is 6.10 Å². The molecule has 3 aromatic rings. The second-order valence-corrected chi connectivity index (χ2v) is 8.61. The van der Waals surface area contributed by atoms with Gasteiger partial charge >= 0.3 is 6.09 Å². The topological polar surface area (TPSA) is 53.0 Å². The number of rotatable bonds is 7. The van der Waals surface area contributed by atoms with E-state index in [-0.39, 0.29) is 24.8 Å². The fourth-order valence-corrected chi connectivity index (χ4v) is 4.52. The molecule has 1 aliphatic rings. The first-order chi connectivity index (χ1) is 16.1. The van der Waals surface area contributed by atoms with E-state index in [1.807, 2.05) is 91.0 Å². The van der Waals surface area contributed by atoms with Crippen molar-refractivity contribution < 1.29 is 14.6 Å². The number of nitrogens with zero attached hydrogens (tertiary/aromatic N) is 2. The van der Waals surface area contributed by atoms with Gasteiger partial charge < -0.3 is 9.84 Å². The van der Waals surface area contributed by atoms with Gasteiger partial charge in [-0.15, -0.1) is 0 Å². The normalized spacial score (nSPS) is 16.7. The first-order valence-electron chi connectivity index (χ1n) is 11.7. The monoisotopic (exact) mass is 444 g/mol. The van der Waals surface area contributed by atoms with Crippen molar-refractivity contribution in [2.24, 2.45) is 0 Å². The Morgan fingerprint density at radius 2 is 1.48 bits per heavy atom. The SMILES string of the molecule is C[C@@H]([C@H](O)c1ccccc1)N1CCC(N(C(=O)OCc2ccccc2)c2ccccc2)CC1. The highest BCUT2D eigenvalue weighted by molar-refractivity contribution is 5.88. The molecule has 0 radical (unpaired) electrons. The van der Waals surface area contributed by atoms with E-state index in [1.54, 1.807) is 4.90 Å². The smallest absolute Gasteiger partial charge is 0.414 e. The summed E-state index contributed by atoms with van der Waals surface area (Å²) in [6.07, 6.45) is 0.784. The van der Waals surface area contributed by atoms with Crippen molar-refractivity contribution in [2.45, 2.75) is 44.6 Å². The Hall–Kier alpha value is -3.15. The number of carbonyl (C=O) groups is 1. The van der Waals surface area contributed by atoms with Crippen LogP contribution in [0.3, 0.4) is 0 Å². The van der Waals surface area contributed by atoms with Gasteiger partial charge in [-0.3, -0.25) is 9.80 Å². The zero-order valence-electron chi connectivity index (χ0n) is 19.1. The lowest BCUT2D eigenvalue weighted by Gasteiger charge is -2.41. The third-order valence-electron chi connectivity index (χ3n) is 6.47. The van der Waals surface area contributed by atoms with Gasteiger partial charge in [-0.05, 0) is 43.0 Å². The second-order valence-electron chi connectivity index (χ2n) is 8.61. The number of hydrogen-bond donors (Lipinski definition) is 1. The van der Waals surface area contributed by atoms with E-state index in [2.05, 4.69) is 11.8 Å². The number of likely N-dealkylation sites (tertiary alicyclic amines) is 1. The van der Waals surface area contributed by atoms with Gasteiger partial charge in [0.2, 0.25) is 0 Å². The number of benzene rings is 3. The van der Waals surface area contributed by atoms with Gasteiger partial charge in [-0.2, -0.15) is 0 Å². The van der Waals surface area contributed by atoms with E-state index in [4.69, 9.17) is 4.74 Å². The van der Waals surface area contributed by atoms with Crippen LogP contribution in [0.25, 0.3) is 0 Å². The summed E-state index contributed by atoms with van der Waals surface area (Å²) < 4.78 is 5.70. The van der Waals surface area contributed by atoms with Gasteiger partial charge in [0.25, 0.3) is 0 Å². The highest BCUT2D eigenvalue weighted by atomic mass is 16.6. The van der Waals surface area contributed by atoms with E-state index in [1.165, 1.54) is 0 Å². The molecule has 5 heteroatoms. The van der Waals surface area contributed by atoms with E-state index in [0.29, 0.717) is 0 Å². The molecule has 5 nitrogen and oxygen atoms in total. The average Bonchev–Trinajstić information content (AvgIpc) is 2.89. The van der Waals surface area contributed by atoms with Crippen LogP contribution in [0.5, 0.6) is 0 Å². The maximum Gasteiger partial charge on any atom is 0.414 e. The zero-order chi connectivity index (χ0) is 23.0. The zero-order valence-corrected chi connectivity index (χ0v) is 19.1. The molecule has 3 aromatic carbocycles. The molecule has 4 rings (SSSR count). The highest BCUT2D eigenvalue weighted by Crippen LogP contribution is 2.28. The maximum atomic E-state index is 13.2. The molecule has 2 atom stereocenters. The lowest BCUT2D eigenvalue weighted by Crippen LogP contribution is -2.50. The van der Waals surface area contributed by atoms with Gasteiger partial charge in [0.15, 0.2) is 0 Å². The summed E-state index contributed by atoms with van der Waals surface area (Å²) in [5.41, 5.74) is 2.76. The summed E-state index contributed by atoms with van der Waals surface area (Å²) in [5, 5.41) is 10.8. The van der Waals surface area contributed by atoms with Crippen LogP contribution >= 0.6 is 0 Å². The molecule has 1 heterocycles. The molecule has 1 N–H and O–H groups in total. The van der Waals surface area contributed by atoms with Crippen LogP contribution in [-0.2, 0) is 11.3 Å². The quantitative estimate of drug-likeness (QED) is 0.529. The minimum absolute atomic E-state index is 0.00329. The number of ether oxygens (including phenoxy) is 1. The van der Waals surface area contributed by atoms with Crippen LogP contribution in [0, 0.1) is 0 Å². The lowest BCUT2D eigenvalue weighted by atomic mass is 9.97. The summed E-state index contributed by atoms with van der Waals surface area (Å²) in [4.78, 5) is 17.3. The fraction of sp³-hybridized carbons (Fsp3) is 0.321. The third-order valence-corrected chi connectivity index (χ3v) is 6.47. The molecular weight excluding hydrogens is 412 g/mol. The molecule has 0 aromatic heterocycles. The molecule has 1 fully saturated rings. The number of amides is 1. The Balaban J connectivity index is 1.41. The largest absolute Gasteiger partial charge is 0.444 e.